The topological polar surface area (TPSA) is 82.1 Å². The minimum Gasteiger partial charge on any atom is -0.493 e. The molecule has 0 saturated carbocycles. The van der Waals surface area contributed by atoms with Crippen LogP contribution >= 0.6 is 0 Å². The number of esters is 1. The van der Waals surface area contributed by atoms with Crippen LogP contribution in [0.2, 0.25) is 0 Å². The minimum absolute atomic E-state index is 0.0466. The van der Waals surface area contributed by atoms with Gasteiger partial charge in [0.25, 0.3) is 0 Å². The number of anilines is 1. The molecule has 0 unspecified atom stereocenters. The molecule has 27 heavy (non-hydrogen) atoms. The standard InChI is InChI=1S/C20H19NO6/c1-25-16-7-6-13(10-17(16)26-2)12-27-20(24)14-4-3-5-15(11-14)21-18(22)8-9-19(21)23/h3-7,10-11H,8-9,12H2,1-2H3. The van der Waals surface area contributed by atoms with Crippen molar-refractivity contribution in [2.75, 3.05) is 19.1 Å². The molecule has 0 aliphatic carbocycles. The highest BCUT2D eigenvalue weighted by molar-refractivity contribution is 6.20. The Balaban J connectivity index is 1.71. The number of ether oxygens (including phenoxy) is 3. The van der Waals surface area contributed by atoms with Crippen LogP contribution in [0.15, 0.2) is 42.5 Å². The second kappa shape index (κ2) is 7.90. The number of hydrogen-bond acceptors (Lipinski definition) is 6. The van der Waals surface area contributed by atoms with Crippen LogP contribution in [0.1, 0.15) is 28.8 Å². The second-order valence-electron chi connectivity index (χ2n) is 5.94. The highest BCUT2D eigenvalue weighted by Crippen LogP contribution is 2.28. The summed E-state index contributed by atoms with van der Waals surface area (Å²) in [4.78, 5) is 37.2. The van der Waals surface area contributed by atoms with Crippen LogP contribution < -0.4 is 14.4 Å². The van der Waals surface area contributed by atoms with E-state index in [0.29, 0.717) is 17.2 Å². The maximum Gasteiger partial charge on any atom is 0.338 e. The van der Waals surface area contributed by atoms with Gasteiger partial charge in [-0.2, -0.15) is 0 Å². The lowest BCUT2D eigenvalue weighted by atomic mass is 10.2. The molecule has 1 aliphatic heterocycles. The first kappa shape index (κ1) is 18.4. The van der Waals surface area contributed by atoms with E-state index < -0.39 is 5.97 Å². The molecule has 0 radical (unpaired) electrons. The summed E-state index contributed by atoms with van der Waals surface area (Å²) >= 11 is 0. The van der Waals surface area contributed by atoms with Crippen LogP contribution in [0.3, 0.4) is 0 Å². The van der Waals surface area contributed by atoms with E-state index in [2.05, 4.69) is 0 Å². The third-order valence-corrected chi connectivity index (χ3v) is 4.21. The Morgan fingerprint density at radius 3 is 2.33 bits per heavy atom. The van der Waals surface area contributed by atoms with E-state index in [-0.39, 0.29) is 36.8 Å². The van der Waals surface area contributed by atoms with Gasteiger partial charge >= 0.3 is 5.97 Å². The van der Waals surface area contributed by atoms with Gasteiger partial charge in [0, 0.05) is 12.8 Å². The van der Waals surface area contributed by atoms with Crippen molar-refractivity contribution < 1.29 is 28.6 Å². The Morgan fingerprint density at radius 2 is 1.67 bits per heavy atom. The normalized spacial score (nSPS) is 13.6. The van der Waals surface area contributed by atoms with Gasteiger partial charge in [-0.15, -0.1) is 0 Å². The lowest BCUT2D eigenvalue weighted by Gasteiger charge is -2.14. The second-order valence-corrected chi connectivity index (χ2v) is 5.94. The number of methoxy groups -OCH3 is 2. The quantitative estimate of drug-likeness (QED) is 0.575. The number of imide groups is 1. The molecule has 0 aromatic heterocycles. The molecular formula is C20H19NO6. The summed E-state index contributed by atoms with van der Waals surface area (Å²) < 4.78 is 15.7. The summed E-state index contributed by atoms with van der Waals surface area (Å²) in [5.74, 6) is 0.0387. The molecular weight excluding hydrogens is 350 g/mol. The lowest BCUT2D eigenvalue weighted by Crippen LogP contribution is -2.28. The molecule has 3 rings (SSSR count). The molecule has 1 heterocycles. The molecule has 1 saturated heterocycles. The molecule has 0 N–H and O–H groups in total. The van der Waals surface area contributed by atoms with E-state index in [1.54, 1.807) is 43.5 Å². The third-order valence-electron chi connectivity index (χ3n) is 4.21. The van der Waals surface area contributed by atoms with Crippen molar-refractivity contribution in [3.8, 4) is 11.5 Å². The van der Waals surface area contributed by atoms with Crippen LogP contribution in [-0.4, -0.2) is 32.0 Å². The van der Waals surface area contributed by atoms with Crippen LogP contribution in [0.25, 0.3) is 0 Å². The molecule has 0 bridgehead atoms. The van der Waals surface area contributed by atoms with Gasteiger partial charge in [-0.1, -0.05) is 12.1 Å². The predicted molar refractivity (Wildman–Crippen MR) is 96.8 cm³/mol. The summed E-state index contributed by atoms with van der Waals surface area (Å²) in [6.45, 7) is 0.0466. The number of carbonyl (C=O) groups is 3. The third kappa shape index (κ3) is 3.92. The van der Waals surface area contributed by atoms with Gasteiger partial charge in [0.1, 0.15) is 6.61 Å². The average molecular weight is 369 g/mol. The Kier molecular flexibility index (Phi) is 5.40. The van der Waals surface area contributed by atoms with Gasteiger partial charge < -0.3 is 14.2 Å². The van der Waals surface area contributed by atoms with E-state index >= 15 is 0 Å². The van der Waals surface area contributed by atoms with Gasteiger partial charge in [0.2, 0.25) is 11.8 Å². The van der Waals surface area contributed by atoms with Gasteiger partial charge in [0.15, 0.2) is 11.5 Å². The van der Waals surface area contributed by atoms with Gasteiger partial charge in [-0.3, -0.25) is 14.5 Å². The van der Waals surface area contributed by atoms with Crippen molar-refractivity contribution in [3.63, 3.8) is 0 Å². The molecule has 0 atom stereocenters. The van der Waals surface area contributed by atoms with E-state index in [1.165, 1.54) is 13.2 Å². The van der Waals surface area contributed by atoms with Crippen LogP contribution in [0, 0.1) is 0 Å². The van der Waals surface area contributed by atoms with Crippen LogP contribution in [-0.2, 0) is 20.9 Å². The lowest BCUT2D eigenvalue weighted by molar-refractivity contribution is -0.121. The van der Waals surface area contributed by atoms with E-state index in [1.807, 2.05) is 0 Å². The zero-order valence-corrected chi connectivity index (χ0v) is 15.1. The molecule has 2 amide bonds. The Hall–Kier alpha value is -3.35. The summed E-state index contributed by atoms with van der Waals surface area (Å²) in [5, 5.41) is 0. The molecule has 7 nitrogen and oxygen atoms in total. The van der Waals surface area contributed by atoms with Crippen LogP contribution in [0.4, 0.5) is 5.69 Å². The van der Waals surface area contributed by atoms with Gasteiger partial charge in [-0.25, -0.2) is 4.79 Å². The Morgan fingerprint density at radius 1 is 0.963 bits per heavy atom. The molecule has 1 fully saturated rings. The van der Waals surface area contributed by atoms with Crippen LogP contribution in [0.5, 0.6) is 11.5 Å². The Bertz CT molecular complexity index is 876. The van der Waals surface area contributed by atoms with Crippen molar-refractivity contribution in [2.45, 2.75) is 19.4 Å². The fourth-order valence-corrected chi connectivity index (χ4v) is 2.84. The van der Waals surface area contributed by atoms with Crippen molar-refractivity contribution >= 4 is 23.5 Å². The number of hydrogen-bond donors (Lipinski definition) is 0. The zero-order valence-electron chi connectivity index (χ0n) is 15.1. The first-order chi connectivity index (χ1) is 13.0. The zero-order chi connectivity index (χ0) is 19.4. The monoisotopic (exact) mass is 369 g/mol. The van der Waals surface area contributed by atoms with Crippen molar-refractivity contribution in [1.29, 1.82) is 0 Å². The number of nitrogens with zero attached hydrogens (tertiary/aromatic N) is 1. The molecule has 1 aliphatic rings. The molecule has 7 heteroatoms. The SMILES string of the molecule is COc1ccc(COC(=O)c2cccc(N3C(=O)CCC3=O)c2)cc1OC. The number of benzene rings is 2. The summed E-state index contributed by atoms with van der Waals surface area (Å²) in [6.07, 6.45) is 0.375. The van der Waals surface area contributed by atoms with Crippen molar-refractivity contribution in [3.05, 3.63) is 53.6 Å². The number of rotatable bonds is 6. The first-order valence-corrected chi connectivity index (χ1v) is 8.37. The van der Waals surface area contributed by atoms with Gasteiger partial charge in [0.05, 0.1) is 25.5 Å². The maximum absolute atomic E-state index is 12.4. The summed E-state index contributed by atoms with van der Waals surface area (Å²) in [7, 11) is 3.07. The largest absolute Gasteiger partial charge is 0.493 e. The summed E-state index contributed by atoms with van der Waals surface area (Å²) in [6, 6.07) is 11.5. The highest BCUT2D eigenvalue weighted by atomic mass is 16.5. The molecule has 2 aromatic rings. The fourth-order valence-electron chi connectivity index (χ4n) is 2.84. The maximum atomic E-state index is 12.4. The van der Waals surface area contributed by atoms with Crippen molar-refractivity contribution in [1.82, 2.24) is 0 Å². The average Bonchev–Trinajstić information content (AvgIpc) is 3.04. The summed E-state index contributed by atoms with van der Waals surface area (Å²) in [5.41, 5.74) is 1.38. The molecule has 0 spiro atoms. The smallest absolute Gasteiger partial charge is 0.338 e. The van der Waals surface area contributed by atoms with E-state index in [0.717, 1.165) is 10.5 Å². The van der Waals surface area contributed by atoms with Crippen molar-refractivity contribution in [2.24, 2.45) is 0 Å². The Labute approximate surface area is 156 Å². The number of carbonyl (C=O) groups excluding carboxylic acids is 3. The van der Waals surface area contributed by atoms with Gasteiger partial charge in [-0.05, 0) is 35.9 Å². The van der Waals surface area contributed by atoms with E-state index in [4.69, 9.17) is 14.2 Å². The highest BCUT2D eigenvalue weighted by Gasteiger charge is 2.30. The van der Waals surface area contributed by atoms with E-state index in [9.17, 15) is 14.4 Å². The molecule has 2 aromatic carbocycles. The predicted octanol–water partition coefficient (Wildman–Crippen LogP) is 2.71. The minimum atomic E-state index is -0.550. The fraction of sp³-hybridized carbons (Fsp3) is 0.250. The molecule has 140 valence electrons. The number of amides is 2. The first-order valence-electron chi connectivity index (χ1n) is 8.37.